The summed E-state index contributed by atoms with van der Waals surface area (Å²) in [7, 11) is -1.20. The molecule has 1 aliphatic rings. The Balaban J connectivity index is 2.32. The molecule has 5 heteroatoms. The van der Waals surface area contributed by atoms with Crippen molar-refractivity contribution in [2.24, 2.45) is 0 Å². The summed E-state index contributed by atoms with van der Waals surface area (Å²) in [6.07, 6.45) is 4.58. The van der Waals surface area contributed by atoms with Crippen LogP contribution in [0.25, 0.3) is 0 Å². The Labute approximate surface area is 104 Å². The van der Waals surface area contributed by atoms with Crippen molar-refractivity contribution in [1.82, 2.24) is 0 Å². The molecule has 1 N–H and O–H groups in total. The summed E-state index contributed by atoms with van der Waals surface area (Å²) in [6.45, 7) is 1.66. The van der Waals surface area contributed by atoms with Gasteiger partial charge in [0.2, 0.25) is 0 Å². The van der Waals surface area contributed by atoms with E-state index < -0.39 is 15.4 Å². The number of aliphatic hydroxyl groups is 1. The number of hydrogen-bond donors (Lipinski definition) is 1. The van der Waals surface area contributed by atoms with Gasteiger partial charge in [0.05, 0.1) is 17.5 Å². The van der Waals surface area contributed by atoms with Crippen LogP contribution in [0.3, 0.4) is 0 Å². The average Bonchev–Trinajstić information content (AvgIpc) is 2.30. The molecular formula is C12H24O4S. The van der Waals surface area contributed by atoms with Crippen LogP contribution in [-0.2, 0) is 14.6 Å². The summed E-state index contributed by atoms with van der Waals surface area (Å²) in [6, 6.07) is 0. The molecule has 1 aliphatic carbocycles. The lowest BCUT2D eigenvalue weighted by atomic mass is 9.80. The van der Waals surface area contributed by atoms with Crippen LogP contribution in [-0.4, -0.2) is 43.8 Å². The van der Waals surface area contributed by atoms with Gasteiger partial charge < -0.3 is 9.84 Å². The minimum atomic E-state index is -2.90. The third-order valence-corrected chi connectivity index (χ3v) is 5.52. The maximum Gasteiger partial charge on any atom is 0.150 e. The van der Waals surface area contributed by atoms with Gasteiger partial charge in [0.1, 0.15) is 9.84 Å². The molecule has 0 aromatic carbocycles. The van der Waals surface area contributed by atoms with Gasteiger partial charge in [-0.25, -0.2) is 8.42 Å². The molecule has 1 saturated carbocycles. The third kappa shape index (κ3) is 4.94. The van der Waals surface area contributed by atoms with Gasteiger partial charge in [-0.3, -0.25) is 0 Å². The van der Waals surface area contributed by atoms with Crippen molar-refractivity contribution in [3.8, 4) is 0 Å². The third-order valence-electron chi connectivity index (χ3n) is 3.73. The molecule has 0 atom stereocenters. The zero-order valence-corrected chi connectivity index (χ0v) is 11.6. The number of hydrogen-bond acceptors (Lipinski definition) is 4. The van der Waals surface area contributed by atoms with Crippen LogP contribution in [0.2, 0.25) is 0 Å². The highest BCUT2D eigenvalue weighted by atomic mass is 32.2. The first-order valence-corrected chi connectivity index (χ1v) is 8.18. The highest BCUT2D eigenvalue weighted by molar-refractivity contribution is 7.91. The van der Waals surface area contributed by atoms with Crippen LogP contribution in [0, 0.1) is 0 Å². The van der Waals surface area contributed by atoms with Crippen LogP contribution in [0.15, 0.2) is 0 Å². The summed E-state index contributed by atoms with van der Waals surface area (Å²) in [5, 5.41) is 10.3. The van der Waals surface area contributed by atoms with Gasteiger partial charge in [0.25, 0.3) is 0 Å². The molecule has 0 bridgehead atoms. The van der Waals surface area contributed by atoms with Crippen molar-refractivity contribution in [3.63, 3.8) is 0 Å². The fourth-order valence-electron chi connectivity index (χ4n) is 2.38. The molecule has 1 fully saturated rings. The molecule has 0 aromatic rings. The van der Waals surface area contributed by atoms with Crippen molar-refractivity contribution in [2.75, 3.05) is 18.6 Å². The Morgan fingerprint density at radius 2 is 1.94 bits per heavy atom. The Hall–Kier alpha value is -0.130. The van der Waals surface area contributed by atoms with E-state index >= 15 is 0 Å². The second-order valence-electron chi connectivity index (χ2n) is 5.00. The molecule has 0 unspecified atom stereocenters. The highest BCUT2D eigenvalue weighted by Gasteiger charge is 2.32. The zero-order valence-electron chi connectivity index (χ0n) is 10.8. The largest absolute Gasteiger partial charge is 0.390 e. The van der Waals surface area contributed by atoms with Crippen LogP contribution in [0.5, 0.6) is 0 Å². The number of rotatable bonds is 6. The van der Waals surface area contributed by atoms with E-state index in [0.717, 1.165) is 25.7 Å². The maximum absolute atomic E-state index is 11.3. The Kier molecular flexibility index (Phi) is 5.41. The van der Waals surface area contributed by atoms with E-state index in [-0.39, 0.29) is 17.6 Å². The van der Waals surface area contributed by atoms with Gasteiger partial charge in [-0.05, 0) is 38.5 Å². The fourth-order valence-corrected chi connectivity index (χ4v) is 3.25. The second kappa shape index (κ2) is 6.16. The normalized spacial score (nSPS) is 30.4. The molecule has 0 amide bonds. The number of methoxy groups -OCH3 is 1. The molecule has 0 radical (unpaired) electrons. The first kappa shape index (κ1) is 14.9. The summed E-state index contributed by atoms with van der Waals surface area (Å²) < 4.78 is 27.9. The highest BCUT2D eigenvalue weighted by Crippen LogP contribution is 2.33. The average molecular weight is 264 g/mol. The molecule has 17 heavy (non-hydrogen) atoms. The van der Waals surface area contributed by atoms with E-state index in [2.05, 4.69) is 0 Å². The van der Waals surface area contributed by atoms with Crippen LogP contribution >= 0.6 is 0 Å². The lowest BCUT2D eigenvalue weighted by Gasteiger charge is -2.35. The summed E-state index contributed by atoms with van der Waals surface area (Å²) in [4.78, 5) is 0. The molecule has 0 saturated heterocycles. The van der Waals surface area contributed by atoms with Crippen molar-refractivity contribution in [3.05, 3.63) is 0 Å². The minimum Gasteiger partial charge on any atom is -0.390 e. The Morgan fingerprint density at radius 1 is 1.35 bits per heavy atom. The zero-order chi connectivity index (χ0) is 12.9. The van der Waals surface area contributed by atoms with Gasteiger partial charge in [-0.1, -0.05) is 6.92 Å². The smallest absolute Gasteiger partial charge is 0.150 e. The topological polar surface area (TPSA) is 63.6 Å². The summed E-state index contributed by atoms with van der Waals surface area (Å²) >= 11 is 0. The number of sulfone groups is 1. The van der Waals surface area contributed by atoms with E-state index in [1.807, 2.05) is 0 Å². The maximum atomic E-state index is 11.3. The van der Waals surface area contributed by atoms with Crippen LogP contribution in [0.1, 0.15) is 45.4 Å². The quantitative estimate of drug-likeness (QED) is 0.790. The number of ether oxygens (including phenoxy) is 1. The van der Waals surface area contributed by atoms with Crippen molar-refractivity contribution < 1.29 is 18.3 Å². The second-order valence-corrected chi connectivity index (χ2v) is 7.47. The summed E-state index contributed by atoms with van der Waals surface area (Å²) in [5.41, 5.74) is -0.668. The summed E-state index contributed by atoms with van der Waals surface area (Å²) in [5.74, 6) is 0.386. The van der Waals surface area contributed by atoms with Gasteiger partial charge in [-0.2, -0.15) is 0 Å². The molecule has 102 valence electrons. The monoisotopic (exact) mass is 264 g/mol. The molecule has 1 rings (SSSR count). The first-order chi connectivity index (χ1) is 7.91. The van der Waals surface area contributed by atoms with E-state index in [9.17, 15) is 13.5 Å². The van der Waals surface area contributed by atoms with Crippen LogP contribution in [0.4, 0.5) is 0 Å². The van der Waals surface area contributed by atoms with Crippen LogP contribution < -0.4 is 0 Å². The molecule has 0 spiro atoms. The fraction of sp³-hybridized carbons (Fsp3) is 1.00. The van der Waals surface area contributed by atoms with E-state index in [0.29, 0.717) is 12.8 Å². The van der Waals surface area contributed by atoms with E-state index in [4.69, 9.17) is 4.74 Å². The van der Waals surface area contributed by atoms with Crippen molar-refractivity contribution in [1.29, 1.82) is 0 Å². The minimum absolute atomic E-state index is 0.192. The molecule has 0 aromatic heterocycles. The lowest BCUT2D eigenvalue weighted by Crippen LogP contribution is -2.36. The first-order valence-electron chi connectivity index (χ1n) is 6.36. The van der Waals surface area contributed by atoms with E-state index in [1.165, 1.54) is 0 Å². The van der Waals surface area contributed by atoms with Gasteiger partial charge in [0.15, 0.2) is 0 Å². The Morgan fingerprint density at radius 3 is 2.41 bits per heavy atom. The molecule has 0 aliphatic heterocycles. The SMILES string of the molecule is CCS(=O)(=O)CCCC1(O)CCC(OC)CC1. The molecule has 4 nitrogen and oxygen atoms in total. The Bertz CT molecular complexity index is 315. The lowest BCUT2D eigenvalue weighted by molar-refractivity contribution is -0.0482. The predicted octanol–water partition coefficient (Wildman–Crippen LogP) is 1.52. The predicted molar refractivity (Wildman–Crippen MR) is 67.8 cm³/mol. The van der Waals surface area contributed by atoms with Gasteiger partial charge in [0, 0.05) is 12.9 Å². The van der Waals surface area contributed by atoms with Crippen molar-refractivity contribution >= 4 is 9.84 Å². The van der Waals surface area contributed by atoms with Gasteiger partial charge in [-0.15, -0.1) is 0 Å². The van der Waals surface area contributed by atoms with Crippen molar-refractivity contribution in [2.45, 2.75) is 57.2 Å². The van der Waals surface area contributed by atoms with E-state index in [1.54, 1.807) is 14.0 Å². The molecular weight excluding hydrogens is 240 g/mol. The van der Waals surface area contributed by atoms with Gasteiger partial charge >= 0.3 is 0 Å². The standard InChI is InChI=1S/C12H24O4S/c1-3-17(14,15)10-4-7-12(13)8-5-11(16-2)6-9-12/h11,13H,3-10H2,1-2H3. The molecule has 0 heterocycles.